The molecule has 3 nitrogen and oxygen atoms in total. The minimum atomic E-state index is -0.571. The van der Waals surface area contributed by atoms with E-state index >= 15 is 0 Å². The molecule has 2 atom stereocenters. The molecule has 0 saturated heterocycles. The highest BCUT2D eigenvalue weighted by Crippen LogP contribution is 2.31. The van der Waals surface area contributed by atoms with Crippen molar-refractivity contribution in [2.24, 2.45) is 0 Å². The number of fused-ring (bicyclic) bond motifs is 1. The fourth-order valence-electron chi connectivity index (χ4n) is 2.61. The second kappa shape index (κ2) is 5.38. The molecule has 0 bridgehead atoms. The standard InChI is InChI=1S/C16H14BrNO2/c17-13-8-4-3-7-12(13)16(20)18-15-11-6-2-1-5-10(11)9-14(15)19/h1-8,14-15,19H,9H2,(H,18,20). The number of nitrogens with one attached hydrogen (secondary N) is 1. The van der Waals surface area contributed by atoms with E-state index in [1.54, 1.807) is 6.07 Å². The average Bonchev–Trinajstić information content (AvgIpc) is 2.76. The van der Waals surface area contributed by atoms with Crippen LogP contribution >= 0.6 is 15.9 Å². The summed E-state index contributed by atoms with van der Waals surface area (Å²) < 4.78 is 0.748. The van der Waals surface area contributed by atoms with E-state index in [1.165, 1.54) is 0 Å². The molecule has 0 fully saturated rings. The lowest BCUT2D eigenvalue weighted by molar-refractivity contribution is 0.0857. The van der Waals surface area contributed by atoms with Crippen molar-refractivity contribution in [2.45, 2.75) is 18.6 Å². The number of aliphatic hydroxyl groups excluding tert-OH is 1. The van der Waals surface area contributed by atoms with Gasteiger partial charge in [-0.1, -0.05) is 36.4 Å². The number of halogens is 1. The van der Waals surface area contributed by atoms with Gasteiger partial charge in [-0.2, -0.15) is 0 Å². The summed E-state index contributed by atoms with van der Waals surface area (Å²) in [5.74, 6) is -0.182. The summed E-state index contributed by atoms with van der Waals surface area (Å²) >= 11 is 3.37. The maximum atomic E-state index is 12.3. The summed E-state index contributed by atoms with van der Waals surface area (Å²) in [7, 11) is 0. The number of carbonyl (C=O) groups is 1. The third-order valence-corrected chi connectivity index (χ3v) is 4.30. The van der Waals surface area contributed by atoms with Crippen molar-refractivity contribution >= 4 is 21.8 Å². The smallest absolute Gasteiger partial charge is 0.252 e. The summed E-state index contributed by atoms with van der Waals surface area (Å²) in [4.78, 5) is 12.3. The number of amides is 1. The molecule has 4 heteroatoms. The maximum absolute atomic E-state index is 12.3. The van der Waals surface area contributed by atoms with E-state index in [9.17, 15) is 9.90 Å². The molecule has 0 saturated carbocycles. The molecule has 102 valence electrons. The van der Waals surface area contributed by atoms with Crippen molar-refractivity contribution in [1.29, 1.82) is 0 Å². The summed E-state index contributed by atoms with van der Waals surface area (Å²) in [6.45, 7) is 0. The normalized spacial score (nSPS) is 20.5. The van der Waals surface area contributed by atoms with Gasteiger partial charge in [0.15, 0.2) is 0 Å². The van der Waals surface area contributed by atoms with Crippen molar-refractivity contribution in [3.8, 4) is 0 Å². The number of aliphatic hydroxyl groups is 1. The van der Waals surface area contributed by atoms with Gasteiger partial charge in [-0.15, -0.1) is 0 Å². The van der Waals surface area contributed by atoms with Crippen LogP contribution in [0.1, 0.15) is 27.5 Å². The molecule has 0 heterocycles. The van der Waals surface area contributed by atoms with Crippen LogP contribution < -0.4 is 5.32 Å². The number of benzene rings is 2. The first-order valence-corrected chi connectivity index (χ1v) is 7.27. The van der Waals surface area contributed by atoms with Gasteiger partial charge in [0.2, 0.25) is 0 Å². The second-order valence-corrected chi connectivity index (χ2v) is 5.76. The quantitative estimate of drug-likeness (QED) is 0.888. The van der Waals surface area contributed by atoms with Crippen LogP contribution in [-0.4, -0.2) is 17.1 Å². The van der Waals surface area contributed by atoms with Crippen molar-refractivity contribution in [3.63, 3.8) is 0 Å². The molecule has 0 aromatic heterocycles. The van der Waals surface area contributed by atoms with Gasteiger partial charge < -0.3 is 10.4 Å². The zero-order chi connectivity index (χ0) is 14.1. The molecule has 3 rings (SSSR count). The topological polar surface area (TPSA) is 49.3 Å². The Morgan fingerprint density at radius 2 is 1.85 bits per heavy atom. The fraction of sp³-hybridized carbons (Fsp3) is 0.188. The van der Waals surface area contributed by atoms with Crippen LogP contribution in [0, 0.1) is 0 Å². The Morgan fingerprint density at radius 3 is 2.65 bits per heavy atom. The number of rotatable bonds is 2. The van der Waals surface area contributed by atoms with Crippen molar-refractivity contribution in [2.75, 3.05) is 0 Å². The van der Waals surface area contributed by atoms with Gasteiger partial charge in [-0.25, -0.2) is 0 Å². The van der Waals surface area contributed by atoms with E-state index in [0.717, 1.165) is 15.6 Å². The van der Waals surface area contributed by atoms with E-state index in [0.29, 0.717) is 12.0 Å². The molecule has 1 aliphatic rings. The predicted molar refractivity (Wildman–Crippen MR) is 80.5 cm³/mol. The lowest BCUT2D eigenvalue weighted by Crippen LogP contribution is -2.34. The number of hydrogen-bond acceptors (Lipinski definition) is 2. The molecule has 1 aliphatic carbocycles. The average molecular weight is 332 g/mol. The molecule has 2 aromatic rings. The van der Waals surface area contributed by atoms with E-state index in [-0.39, 0.29) is 11.9 Å². The van der Waals surface area contributed by atoms with E-state index in [4.69, 9.17) is 0 Å². The van der Waals surface area contributed by atoms with E-state index < -0.39 is 6.10 Å². The van der Waals surface area contributed by atoms with Crippen LogP contribution in [0.25, 0.3) is 0 Å². The summed E-state index contributed by atoms with van der Waals surface area (Å²) in [6, 6.07) is 14.7. The van der Waals surface area contributed by atoms with Crippen LogP contribution in [0.15, 0.2) is 53.0 Å². The third-order valence-electron chi connectivity index (χ3n) is 3.61. The minimum absolute atomic E-state index is 0.182. The maximum Gasteiger partial charge on any atom is 0.252 e. The zero-order valence-corrected chi connectivity index (χ0v) is 12.3. The Kier molecular flexibility index (Phi) is 3.59. The highest BCUT2D eigenvalue weighted by molar-refractivity contribution is 9.10. The van der Waals surface area contributed by atoms with Gasteiger partial charge in [-0.3, -0.25) is 4.79 Å². The van der Waals surface area contributed by atoms with Crippen LogP contribution in [-0.2, 0) is 6.42 Å². The molecule has 20 heavy (non-hydrogen) atoms. The van der Waals surface area contributed by atoms with E-state index in [1.807, 2.05) is 42.5 Å². The van der Waals surface area contributed by atoms with Crippen molar-refractivity contribution in [3.05, 3.63) is 69.7 Å². The van der Waals surface area contributed by atoms with Gasteiger partial charge >= 0.3 is 0 Å². The van der Waals surface area contributed by atoms with Gasteiger partial charge in [-0.05, 0) is 39.2 Å². The van der Waals surface area contributed by atoms with Gasteiger partial charge in [0.05, 0.1) is 17.7 Å². The third kappa shape index (κ3) is 2.37. The second-order valence-electron chi connectivity index (χ2n) is 4.90. The van der Waals surface area contributed by atoms with Gasteiger partial charge in [0.1, 0.15) is 0 Å². The van der Waals surface area contributed by atoms with Crippen molar-refractivity contribution < 1.29 is 9.90 Å². The van der Waals surface area contributed by atoms with Crippen LogP contribution in [0.2, 0.25) is 0 Å². The molecule has 1 amide bonds. The van der Waals surface area contributed by atoms with Crippen LogP contribution in [0.3, 0.4) is 0 Å². The highest BCUT2D eigenvalue weighted by Gasteiger charge is 2.32. The minimum Gasteiger partial charge on any atom is -0.390 e. The SMILES string of the molecule is O=C(NC1c2ccccc2CC1O)c1ccccc1Br. The molecule has 2 N–H and O–H groups in total. The molecule has 0 radical (unpaired) electrons. The first-order valence-electron chi connectivity index (χ1n) is 6.48. The Balaban J connectivity index is 1.85. The largest absolute Gasteiger partial charge is 0.390 e. The molecule has 0 spiro atoms. The molecule has 0 aliphatic heterocycles. The number of hydrogen-bond donors (Lipinski definition) is 2. The van der Waals surface area contributed by atoms with Gasteiger partial charge in [0.25, 0.3) is 5.91 Å². The summed E-state index contributed by atoms with van der Waals surface area (Å²) in [6.07, 6.45) is 0.00992. The van der Waals surface area contributed by atoms with Crippen molar-refractivity contribution in [1.82, 2.24) is 5.32 Å². The summed E-state index contributed by atoms with van der Waals surface area (Å²) in [5, 5.41) is 13.1. The first-order chi connectivity index (χ1) is 9.66. The lowest BCUT2D eigenvalue weighted by atomic mass is 10.1. The Morgan fingerprint density at radius 1 is 1.15 bits per heavy atom. The first kappa shape index (κ1) is 13.3. The zero-order valence-electron chi connectivity index (χ0n) is 10.7. The monoisotopic (exact) mass is 331 g/mol. The van der Waals surface area contributed by atoms with E-state index in [2.05, 4.69) is 21.2 Å². The number of carbonyl (C=O) groups excluding carboxylic acids is 1. The Hall–Kier alpha value is -1.65. The predicted octanol–water partition coefficient (Wildman–Crippen LogP) is 2.84. The molecular formula is C16H14BrNO2. The van der Waals surface area contributed by atoms with Gasteiger partial charge in [0, 0.05) is 10.9 Å². The molecule has 2 aromatic carbocycles. The van der Waals surface area contributed by atoms with Crippen LogP contribution in [0.4, 0.5) is 0 Å². The molecular weight excluding hydrogens is 318 g/mol. The van der Waals surface area contributed by atoms with Crippen LogP contribution in [0.5, 0.6) is 0 Å². The summed E-state index contributed by atoms with van der Waals surface area (Å²) in [5.41, 5.74) is 2.67. The lowest BCUT2D eigenvalue weighted by Gasteiger charge is -2.18. The Bertz CT molecular complexity index is 656. The fourth-order valence-corrected chi connectivity index (χ4v) is 3.08. The Labute approximate surface area is 125 Å². The highest BCUT2D eigenvalue weighted by atomic mass is 79.9. The molecule has 2 unspecified atom stereocenters.